The van der Waals surface area contributed by atoms with Crippen molar-refractivity contribution in [1.82, 2.24) is 29.8 Å². The zero-order valence-corrected chi connectivity index (χ0v) is 18.2. The molecule has 0 unspecified atom stereocenters. The number of pyridine rings is 1. The Balaban J connectivity index is 1.49. The molecule has 1 aliphatic carbocycles. The molecule has 0 spiro atoms. The van der Waals surface area contributed by atoms with Crippen molar-refractivity contribution in [2.75, 3.05) is 17.7 Å². The van der Waals surface area contributed by atoms with E-state index < -0.39 is 5.82 Å². The number of nitrogens with zero attached hydrogens (tertiary/aromatic N) is 5. The normalized spacial score (nSPS) is 19.5. The Morgan fingerprint density at radius 2 is 2.00 bits per heavy atom. The van der Waals surface area contributed by atoms with Crippen LogP contribution in [0.4, 0.5) is 26.4 Å². The van der Waals surface area contributed by atoms with Crippen molar-refractivity contribution in [3.63, 3.8) is 0 Å². The van der Waals surface area contributed by atoms with Gasteiger partial charge in [-0.15, -0.1) is 0 Å². The number of rotatable bonds is 2. The summed E-state index contributed by atoms with van der Waals surface area (Å²) in [6.45, 7) is 0.339. The van der Waals surface area contributed by atoms with Crippen molar-refractivity contribution in [3.8, 4) is 11.4 Å². The third-order valence-corrected chi connectivity index (χ3v) is 6.12. The fourth-order valence-corrected chi connectivity index (χ4v) is 4.24. The second kappa shape index (κ2) is 8.03. The number of hydrogen-bond donors (Lipinski definition) is 3. The standard InChI is InChI=1S/C23H21FN8O2/c1-25-17-7-19-29-15-5-12(4-13(6-15)21-26-8-14(24)9-27-21)10-34-18-3-2-16(18)30-23(33)32-11-28-20(17)22(32)31-19/h4-9,11,16,18H,2-3,10H2,1H3,(H,30,33)(H2,25,29,31)/t16-,18-/m1/s1. The fourth-order valence-electron chi connectivity index (χ4n) is 4.24. The van der Waals surface area contributed by atoms with Crippen molar-refractivity contribution in [3.05, 3.63) is 54.4 Å². The monoisotopic (exact) mass is 460 g/mol. The van der Waals surface area contributed by atoms with Crippen LogP contribution in [0.1, 0.15) is 18.4 Å². The number of ether oxygens (including phenoxy) is 1. The Hall–Kier alpha value is -4.12. The van der Waals surface area contributed by atoms with Crippen LogP contribution in [0.25, 0.3) is 22.6 Å². The van der Waals surface area contributed by atoms with Gasteiger partial charge in [-0.2, -0.15) is 0 Å². The summed E-state index contributed by atoms with van der Waals surface area (Å²) in [5.41, 5.74) is 4.09. The lowest BCUT2D eigenvalue weighted by atomic mass is 9.89. The smallest absolute Gasteiger partial charge is 0.328 e. The summed E-state index contributed by atoms with van der Waals surface area (Å²) in [4.78, 5) is 30.3. The Morgan fingerprint density at radius 3 is 2.76 bits per heavy atom. The second-order valence-corrected chi connectivity index (χ2v) is 8.34. The van der Waals surface area contributed by atoms with E-state index >= 15 is 0 Å². The molecule has 172 valence electrons. The quantitative estimate of drug-likeness (QED) is 0.416. The number of aromatic nitrogens is 5. The molecule has 1 aliphatic heterocycles. The molecule has 1 saturated carbocycles. The van der Waals surface area contributed by atoms with Gasteiger partial charge in [0.2, 0.25) is 0 Å². The molecular formula is C23H21FN8O2. The summed E-state index contributed by atoms with van der Waals surface area (Å²) in [5.74, 6) is 0.426. The third kappa shape index (κ3) is 3.59. The molecule has 2 atom stereocenters. The summed E-state index contributed by atoms with van der Waals surface area (Å²) in [6, 6.07) is 7.18. The zero-order chi connectivity index (χ0) is 23.2. The summed E-state index contributed by atoms with van der Waals surface area (Å²) in [7, 11) is 1.79. The van der Waals surface area contributed by atoms with Crippen LogP contribution in [0.3, 0.4) is 0 Å². The van der Waals surface area contributed by atoms with E-state index in [1.807, 2.05) is 24.3 Å². The number of carbonyl (C=O) groups is 1. The van der Waals surface area contributed by atoms with E-state index in [-0.39, 0.29) is 18.2 Å². The highest BCUT2D eigenvalue weighted by atomic mass is 19.1. The topological polar surface area (TPSA) is 119 Å². The van der Waals surface area contributed by atoms with Crippen molar-refractivity contribution < 1.29 is 13.9 Å². The highest BCUT2D eigenvalue weighted by Crippen LogP contribution is 2.31. The minimum atomic E-state index is -0.497. The number of carbonyl (C=O) groups excluding carboxylic acids is 1. The number of halogens is 1. The van der Waals surface area contributed by atoms with E-state index in [2.05, 4.69) is 35.9 Å². The van der Waals surface area contributed by atoms with Crippen molar-refractivity contribution >= 4 is 34.4 Å². The first-order valence-electron chi connectivity index (χ1n) is 10.9. The molecule has 10 nitrogen and oxygen atoms in total. The van der Waals surface area contributed by atoms with Gasteiger partial charge in [-0.1, -0.05) is 0 Å². The largest absolute Gasteiger partial charge is 0.386 e. The lowest BCUT2D eigenvalue weighted by Gasteiger charge is -2.36. The molecular weight excluding hydrogens is 439 g/mol. The van der Waals surface area contributed by atoms with Crippen LogP contribution in [0.2, 0.25) is 0 Å². The van der Waals surface area contributed by atoms with Crippen LogP contribution < -0.4 is 16.0 Å². The Labute approximate surface area is 193 Å². The predicted octanol–water partition coefficient (Wildman–Crippen LogP) is 3.43. The molecule has 1 aromatic carbocycles. The van der Waals surface area contributed by atoms with Crippen LogP contribution in [0, 0.1) is 5.82 Å². The maximum absolute atomic E-state index is 13.4. The van der Waals surface area contributed by atoms with E-state index in [9.17, 15) is 9.18 Å². The van der Waals surface area contributed by atoms with Gasteiger partial charge in [-0.3, -0.25) is 0 Å². The summed E-state index contributed by atoms with van der Waals surface area (Å²) >= 11 is 0. The van der Waals surface area contributed by atoms with Crippen LogP contribution in [0.5, 0.6) is 0 Å². The Morgan fingerprint density at radius 1 is 1.15 bits per heavy atom. The molecule has 1 amide bonds. The summed E-state index contributed by atoms with van der Waals surface area (Å²) in [6.07, 6.45) is 5.35. The van der Waals surface area contributed by atoms with Crippen LogP contribution >= 0.6 is 0 Å². The molecule has 4 aromatic rings. The molecule has 2 aliphatic rings. The first kappa shape index (κ1) is 20.5. The molecule has 11 heteroatoms. The zero-order valence-electron chi connectivity index (χ0n) is 18.2. The van der Waals surface area contributed by atoms with Crippen molar-refractivity contribution in [2.24, 2.45) is 0 Å². The van der Waals surface area contributed by atoms with E-state index in [0.29, 0.717) is 35.0 Å². The minimum absolute atomic E-state index is 0.0962. The van der Waals surface area contributed by atoms with Gasteiger partial charge in [-0.25, -0.2) is 33.7 Å². The molecule has 0 saturated heterocycles. The van der Waals surface area contributed by atoms with Gasteiger partial charge in [0.25, 0.3) is 0 Å². The van der Waals surface area contributed by atoms with Gasteiger partial charge in [0.05, 0.1) is 36.8 Å². The molecule has 3 aromatic heterocycles. The third-order valence-electron chi connectivity index (χ3n) is 6.12. The average Bonchev–Trinajstić information content (AvgIpc) is 3.25. The van der Waals surface area contributed by atoms with Gasteiger partial charge in [0, 0.05) is 24.4 Å². The number of benzene rings is 1. The molecule has 6 rings (SSSR count). The number of amides is 1. The van der Waals surface area contributed by atoms with Crippen LogP contribution in [-0.4, -0.2) is 49.7 Å². The number of imidazole rings is 1. The maximum Gasteiger partial charge on any atom is 0.328 e. The number of anilines is 3. The molecule has 3 N–H and O–H groups in total. The van der Waals surface area contributed by atoms with Crippen LogP contribution in [0.15, 0.2) is 43.0 Å². The van der Waals surface area contributed by atoms with Gasteiger partial charge < -0.3 is 20.7 Å². The number of fused-ring (bicyclic) bond motifs is 4. The van der Waals surface area contributed by atoms with E-state index in [4.69, 9.17) is 4.74 Å². The molecule has 4 bridgehead atoms. The Kier molecular flexibility index (Phi) is 4.84. The van der Waals surface area contributed by atoms with E-state index in [1.54, 1.807) is 7.05 Å². The molecule has 0 radical (unpaired) electrons. The lowest BCUT2D eigenvalue weighted by molar-refractivity contribution is -0.0323. The van der Waals surface area contributed by atoms with Gasteiger partial charge >= 0.3 is 6.03 Å². The Bertz CT molecular complexity index is 1400. The van der Waals surface area contributed by atoms with E-state index in [0.717, 1.165) is 42.2 Å². The number of hydrogen-bond acceptors (Lipinski definition) is 8. The SMILES string of the molecule is CNc1cc2nc3c1ncn3C(=O)N[C@@H]1CC[C@H]1OCc1cc(cc(-c3ncc(F)cn3)c1)N2. The average molecular weight is 460 g/mol. The van der Waals surface area contributed by atoms with Gasteiger partial charge in [-0.05, 0) is 36.6 Å². The first-order chi connectivity index (χ1) is 16.6. The van der Waals surface area contributed by atoms with E-state index in [1.165, 1.54) is 10.9 Å². The maximum atomic E-state index is 13.4. The molecule has 4 heterocycles. The summed E-state index contributed by atoms with van der Waals surface area (Å²) in [5, 5.41) is 9.46. The predicted molar refractivity (Wildman–Crippen MR) is 123 cm³/mol. The highest BCUT2D eigenvalue weighted by molar-refractivity contribution is 5.94. The van der Waals surface area contributed by atoms with Crippen LogP contribution in [-0.2, 0) is 11.3 Å². The van der Waals surface area contributed by atoms with Gasteiger partial charge in [0.1, 0.15) is 17.7 Å². The minimum Gasteiger partial charge on any atom is -0.386 e. The molecule has 34 heavy (non-hydrogen) atoms. The number of nitrogens with one attached hydrogen (secondary N) is 3. The second-order valence-electron chi connectivity index (χ2n) is 8.34. The summed E-state index contributed by atoms with van der Waals surface area (Å²) < 4.78 is 20.9. The first-order valence-corrected chi connectivity index (χ1v) is 10.9. The highest BCUT2D eigenvalue weighted by Gasteiger charge is 2.34. The molecule has 1 fully saturated rings. The van der Waals surface area contributed by atoms with Crippen molar-refractivity contribution in [2.45, 2.75) is 31.6 Å². The van der Waals surface area contributed by atoms with Crippen molar-refractivity contribution in [1.29, 1.82) is 0 Å². The van der Waals surface area contributed by atoms with Gasteiger partial charge in [0.15, 0.2) is 17.3 Å². The lowest BCUT2D eigenvalue weighted by Crippen LogP contribution is -2.52. The fraction of sp³-hybridized carbons (Fsp3) is 0.261.